The maximum Gasteiger partial charge on any atom is 0.291 e. The van der Waals surface area contributed by atoms with Gasteiger partial charge in [-0.25, -0.2) is 0 Å². The van der Waals surface area contributed by atoms with E-state index in [0.29, 0.717) is 29.0 Å². The quantitative estimate of drug-likeness (QED) is 0.534. The lowest BCUT2D eigenvalue weighted by molar-refractivity contribution is 0.0951. The van der Waals surface area contributed by atoms with Crippen LogP contribution in [0.25, 0.3) is 11.6 Å². The lowest BCUT2D eigenvalue weighted by Crippen LogP contribution is -2.16. The minimum absolute atomic E-state index is 0.231. The Kier molecular flexibility index (Phi) is 4.94. The van der Waals surface area contributed by atoms with Crippen molar-refractivity contribution >= 4 is 28.9 Å². The average Bonchev–Trinajstić information content (AvgIpc) is 3.47. The van der Waals surface area contributed by atoms with Gasteiger partial charge in [0.2, 0.25) is 11.8 Å². The third-order valence-electron chi connectivity index (χ3n) is 4.18. The second kappa shape index (κ2) is 7.69. The van der Waals surface area contributed by atoms with E-state index in [1.165, 1.54) is 16.0 Å². The fraction of sp³-hybridized carbons (Fsp3) is 0.150. The Morgan fingerprint density at radius 1 is 1.18 bits per heavy atom. The zero-order chi connectivity index (χ0) is 19.5. The van der Waals surface area contributed by atoms with Crippen molar-refractivity contribution < 1.29 is 9.21 Å². The van der Waals surface area contributed by atoms with Crippen LogP contribution >= 0.6 is 11.3 Å². The summed E-state index contributed by atoms with van der Waals surface area (Å²) < 4.78 is 6.67. The molecule has 0 radical (unpaired) electrons. The number of benzene rings is 1. The first-order chi connectivity index (χ1) is 13.6. The SMILES string of the molecule is CN(C)c1ccc(CNc2nc(-c3ccco3)nn2C(=O)c2cccs2)cc1. The number of nitrogens with one attached hydrogen (secondary N) is 1. The van der Waals surface area contributed by atoms with Crippen LogP contribution in [0.2, 0.25) is 0 Å². The highest BCUT2D eigenvalue weighted by atomic mass is 32.1. The second-order valence-corrected chi connectivity index (χ2v) is 7.29. The number of rotatable bonds is 6. The largest absolute Gasteiger partial charge is 0.461 e. The maximum absolute atomic E-state index is 12.8. The molecule has 1 aromatic carbocycles. The predicted octanol–water partition coefficient (Wildman–Crippen LogP) is 3.97. The summed E-state index contributed by atoms with van der Waals surface area (Å²) in [6.45, 7) is 0.516. The number of nitrogens with zero attached hydrogens (tertiary/aromatic N) is 4. The maximum atomic E-state index is 12.8. The van der Waals surface area contributed by atoms with E-state index in [0.717, 1.165) is 11.3 Å². The molecule has 0 atom stereocenters. The van der Waals surface area contributed by atoms with Crippen molar-refractivity contribution in [2.24, 2.45) is 0 Å². The summed E-state index contributed by atoms with van der Waals surface area (Å²) in [6.07, 6.45) is 1.55. The zero-order valence-electron chi connectivity index (χ0n) is 15.5. The van der Waals surface area contributed by atoms with E-state index in [9.17, 15) is 4.79 Å². The summed E-state index contributed by atoms with van der Waals surface area (Å²) in [5.74, 6) is 1.02. The van der Waals surface area contributed by atoms with Crippen LogP contribution in [-0.2, 0) is 6.54 Å². The number of hydrogen-bond donors (Lipinski definition) is 1. The van der Waals surface area contributed by atoms with Gasteiger partial charge in [-0.3, -0.25) is 4.79 Å². The van der Waals surface area contributed by atoms with Gasteiger partial charge in [0.1, 0.15) is 0 Å². The van der Waals surface area contributed by atoms with E-state index < -0.39 is 0 Å². The molecule has 3 aromatic heterocycles. The Hall–Kier alpha value is -3.39. The average molecular weight is 393 g/mol. The lowest BCUT2D eigenvalue weighted by Gasteiger charge is -2.13. The van der Waals surface area contributed by atoms with Crippen LogP contribution < -0.4 is 10.2 Å². The summed E-state index contributed by atoms with van der Waals surface area (Å²) >= 11 is 1.37. The molecule has 4 aromatic rings. The van der Waals surface area contributed by atoms with E-state index in [4.69, 9.17) is 4.42 Å². The van der Waals surface area contributed by atoms with Crippen molar-refractivity contribution in [3.8, 4) is 11.6 Å². The molecule has 0 bridgehead atoms. The summed E-state index contributed by atoms with van der Waals surface area (Å²) in [5, 5.41) is 9.44. The van der Waals surface area contributed by atoms with E-state index in [1.807, 2.05) is 54.7 Å². The van der Waals surface area contributed by atoms with Gasteiger partial charge in [0.25, 0.3) is 5.91 Å². The monoisotopic (exact) mass is 393 g/mol. The molecule has 7 nitrogen and oxygen atoms in total. The number of anilines is 2. The number of carbonyl (C=O) groups excluding carboxylic acids is 1. The van der Waals surface area contributed by atoms with Gasteiger partial charge in [-0.05, 0) is 41.3 Å². The normalized spacial score (nSPS) is 10.8. The van der Waals surface area contributed by atoms with Gasteiger partial charge in [0.15, 0.2) is 5.76 Å². The molecule has 0 amide bonds. The third-order valence-corrected chi connectivity index (χ3v) is 5.03. The second-order valence-electron chi connectivity index (χ2n) is 6.35. The molecule has 0 unspecified atom stereocenters. The Labute approximate surface area is 166 Å². The molecule has 3 heterocycles. The molecule has 28 heavy (non-hydrogen) atoms. The van der Waals surface area contributed by atoms with Gasteiger partial charge >= 0.3 is 0 Å². The topological polar surface area (TPSA) is 76.2 Å². The molecule has 0 aliphatic carbocycles. The first-order valence-corrected chi connectivity index (χ1v) is 9.59. The molecule has 0 saturated heterocycles. The number of thiophene rings is 1. The predicted molar refractivity (Wildman–Crippen MR) is 110 cm³/mol. The van der Waals surface area contributed by atoms with Crippen LogP contribution in [0, 0.1) is 0 Å². The molecule has 1 N–H and O–H groups in total. The molecule has 142 valence electrons. The van der Waals surface area contributed by atoms with Crippen molar-refractivity contribution in [2.45, 2.75) is 6.54 Å². The number of aromatic nitrogens is 3. The van der Waals surface area contributed by atoms with E-state index in [1.54, 1.807) is 24.5 Å². The van der Waals surface area contributed by atoms with Crippen molar-refractivity contribution in [3.63, 3.8) is 0 Å². The van der Waals surface area contributed by atoms with E-state index in [-0.39, 0.29) is 5.91 Å². The molecule has 8 heteroatoms. The van der Waals surface area contributed by atoms with Crippen molar-refractivity contribution in [3.05, 3.63) is 70.6 Å². The van der Waals surface area contributed by atoms with Gasteiger partial charge < -0.3 is 14.6 Å². The Balaban J connectivity index is 1.60. The van der Waals surface area contributed by atoms with Crippen LogP contribution in [0.4, 0.5) is 11.6 Å². The zero-order valence-corrected chi connectivity index (χ0v) is 16.3. The van der Waals surface area contributed by atoms with Gasteiger partial charge in [0, 0.05) is 26.3 Å². The first kappa shape index (κ1) is 18.0. The molecule has 0 fully saturated rings. The van der Waals surface area contributed by atoms with Crippen LogP contribution in [0.1, 0.15) is 15.2 Å². The van der Waals surface area contributed by atoms with Gasteiger partial charge in [-0.15, -0.1) is 16.4 Å². The highest BCUT2D eigenvalue weighted by molar-refractivity contribution is 7.12. The van der Waals surface area contributed by atoms with Crippen LogP contribution in [0.3, 0.4) is 0 Å². The van der Waals surface area contributed by atoms with E-state index in [2.05, 4.69) is 15.4 Å². The van der Waals surface area contributed by atoms with Crippen LogP contribution in [-0.4, -0.2) is 34.8 Å². The molecule has 0 aliphatic heterocycles. The van der Waals surface area contributed by atoms with Crippen LogP contribution in [0.5, 0.6) is 0 Å². The number of furan rings is 1. The highest BCUT2D eigenvalue weighted by Gasteiger charge is 2.20. The third kappa shape index (κ3) is 3.67. The molecule has 4 rings (SSSR count). The summed E-state index contributed by atoms with van der Waals surface area (Å²) in [4.78, 5) is 19.9. The van der Waals surface area contributed by atoms with Gasteiger partial charge in [0.05, 0.1) is 11.1 Å². The lowest BCUT2D eigenvalue weighted by atomic mass is 10.2. The van der Waals surface area contributed by atoms with Gasteiger partial charge in [-0.2, -0.15) is 9.67 Å². The summed E-state index contributed by atoms with van der Waals surface area (Å²) in [6, 6.07) is 15.3. The Morgan fingerprint density at radius 3 is 2.64 bits per heavy atom. The number of hydrogen-bond acceptors (Lipinski definition) is 7. The minimum atomic E-state index is -0.231. The first-order valence-electron chi connectivity index (χ1n) is 8.71. The minimum Gasteiger partial charge on any atom is -0.461 e. The molecule has 0 spiro atoms. The fourth-order valence-corrected chi connectivity index (χ4v) is 3.32. The molecular formula is C20H19N5O2S. The summed E-state index contributed by atoms with van der Waals surface area (Å²) in [5.41, 5.74) is 2.20. The van der Waals surface area contributed by atoms with Crippen LogP contribution in [0.15, 0.2) is 64.6 Å². The van der Waals surface area contributed by atoms with Gasteiger partial charge in [-0.1, -0.05) is 18.2 Å². The standard InChI is InChI=1S/C20H19N5O2S/c1-24(2)15-9-7-14(8-10-15)13-21-20-22-18(16-5-3-11-27-16)23-25(20)19(26)17-6-4-12-28-17/h3-12H,13H2,1-2H3,(H,21,22,23). The highest BCUT2D eigenvalue weighted by Crippen LogP contribution is 2.21. The van der Waals surface area contributed by atoms with Crippen molar-refractivity contribution in [2.75, 3.05) is 24.3 Å². The fourth-order valence-electron chi connectivity index (χ4n) is 2.68. The Morgan fingerprint density at radius 2 is 2.00 bits per heavy atom. The van der Waals surface area contributed by atoms with Crippen molar-refractivity contribution in [1.29, 1.82) is 0 Å². The van der Waals surface area contributed by atoms with E-state index >= 15 is 0 Å². The molecular weight excluding hydrogens is 374 g/mol. The Bertz CT molecular complexity index is 1050. The van der Waals surface area contributed by atoms with Crippen molar-refractivity contribution in [1.82, 2.24) is 14.8 Å². The molecule has 0 saturated carbocycles. The smallest absolute Gasteiger partial charge is 0.291 e. The number of carbonyl (C=O) groups is 1. The molecule has 0 aliphatic rings. The summed E-state index contributed by atoms with van der Waals surface area (Å²) in [7, 11) is 4.00.